The number of anilines is 1. The minimum absolute atomic E-state index is 0.130. The molecule has 1 unspecified atom stereocenters. The molecule has 3 nitrogen and oxygen atoms in total. The van der Waals surface area contributed by atoms with Crippen molar-refractivity contribution in [3.05, 3.63) is 10.6 Å². The minimum Gasteiger partial charge on any atom is -0.302 e. The van der Waals surface area contributed by atoms with Gasteiger partial charge in [-0.05, 0) is 38.5 Å². The van der Waals surface area contributed by atoms with Crippen molar-refractivity contribution in [2.75, 3.05) is 11.1 Å². The Morgan fingerprint density at radius 1 is 1.35 bits per heavy atom. The summed E-state index contributed by atoms with van der Waals surface area (Å²) >= 11 is 1.66. The Hall–Kier alpha value is -0.200. The van der Waals surface area contributed by atoms with E-state index in [1.807, 2.05) is 21.6 Å². The van der Waals surface area contributed by atoms with Crippen molar-refractivity contribution in [2.24, 2.45) is 0 Å². The fourth-order valence-electron chi connectivity index (χ4n) is 2.65. The number of hydrogen-bond acceptors (Lipinski definition) is 5. The van der Waals surface area contributed by atoms with Crippen LogP contribution in [0.4, 0.5) is 5.13 Å². The van der Waals surface area contributed by atoms with Crippen LogP contribution in [0.5, 0.6) is 0 Å². The van der Waals surface area contributed by atoms with Crippen LogP contribution in [0.2, 0.25) is 0 Å². The standard InChI is InChI=1S/C14H20N2OS3/c17-13(7-2-1-4-10-8-9-18-20-10)16-14-15-11-5-3-6-12(11)19-14/h10H,1-9H2,(H,15,16,17). The fraction of sp³-hybridized carbons (Fsp3) is 0.714. The highest BCUT2D eigenvalue weighted by atomic mass is 33.1. The summed E-state index contributed by atoms with van der Waals surface area (Å²) in [5.74, 6) is 1.43. The van der Waals surface area contributed by atoms with Gasteiger partial charge in [-0.2, -0.15) is 0 Å². The Morgan fingerprint density at radius 2 is 2.30 bits per heavy atom. The molecule has 2 aliphatic rings. The van der Waals surface area contributed by atoms with Crippen LogP contribution in [0.3, 0.4) is 0 Å². The number of carbonyl (C=O) groups is 1. The van der Waals surface area contributed by atoms with Crippen LogP contribution in [0, 0.1) is 0 Å². The lowest BCUT2D eigenvalue weighted by atomic mass is 10.1. The summed E-state index contributed by atoms with van der Waals surface area (Å²) in [5, 5.41) is 4.59. The monoisotopic (exact) mass is 328 g/mol. The number of amides is 1. The van der Waals surface area contributed by atoms with Crippen molar-refractivity contribution in [1.82, 2.24) is 4.98 Å². The molecule has 0 aromatic carbocycles. The predicted octanol–water partition coefficient (Wildman–Crippen LogP) is 4.28. The quantitative estimate of drug-likeness (QED) is 0.625. The second-order valence-electron chi connectivity index (χ2n) is 5.37. The molecule has 1 fully saturated rings. The van der Waals surface area contributed by atoms with Crippen LogP contribution in [0.25, 0.3) is 0 Å². The fourth-order valence-corrected chi connectivity index (χ4v) is 6.74. The maximum Gasteiger partial charge on any atom is 0.226 e. The first-order valence-electron chi connectivity index (χ1n) is 7.38. The minimum atomic E-state index is 0.130. The summed E-state index contributed by atoms with van der Waals surface area (Å²) in [6, 6.07) is 0. The number of thiazole rings is 1. The van der Waals surface area contributed by atoms with Crippen LogP contribution >= 0.6 is 32.9 Å². The van der Waals surface area contributed by atoms with Crippen molar-refractivity contribution in [1.29, 1.82) is 0 Å². The molecule has 0 radical (unpaired) electrons. The molecular weight excluding hydrogens is 308 g/mol. The van der Waals surface area contributed by atoms with Gasteiger partial charge in [0.05, 0.1) is 5.69 Å². The van der Waals surface area contributed by atoms with Crippen molar-refractivity contribution in [2.45, 2.75) is 56.6 Å². The van der Waals surface area contributed by atoms with Gasteiger partial charge in [-0.3, -0.25) is 4.79 Å². The van der Waals surface area contributed by atoms with E-state index in [1.54, 1.807) is 11.3 Å². The zero-order valence-electron chi connectivity index (χ0n) is 11.5. The number of carbonyl (C=O) groups excluding carboxylic acids is 1. The second-order valence-corrected chi connectivity index (χ2v) is 9.24. The SMILES string of the molecule is O=C(CCCCC1CCSS1)Nc1nc2c(s1)CCC2. The average Bonchev–Trinajstić information content (AvgIpc) is 3.10. The van der Waals surface area contributed by atoms with Gasteiger partial charge in [0.25, 0.3) is 0 Å². The molecule has 3 rings (SSSR count). The molecule has 110 valence electrons. The second kappa shape index (κ2) is 7.18. The third kappa shape index (κ3) is 3.92. The summed E-state index contributed by atoms with van der Waals surface area (Å²) < 4.78 is 0. The topological polar surface area (TPSA) is 42.0 Å². The summed E-state index contributed by atoms with van der Waals surface area (Å²) in [7, 11) is 4.01. The predicted molar refractivity (Wildman–Crippen MR) is 89.7 cm³/mol. The molecule has 0 bridgehead atoms. The number of unbranched alkanes of at least 4 members (excludes halogenated alkanes) is 1. The van der Waals surface area contributed by atoms with Gasteiger partial charge in [0.15, 0.2) is 5.13 Å². The van der Waals surface area contributed by atoms with E-state index in [0.717, 1.165) is 29.6 Å². The molecule has 20 heavy (non-hydrogen) atoms. The van der Waals surface area contributed by atoms with Crippen molar-refractivity contribution < 1.29 is 4.79 Å². The first kappa shape index (κ1) is 14.7. The lowest BCUT2D eigenvalue weighted by Gasteiger charge is -2.06. The molecule has 0 spiro atoms. The van der Waals surface area contributed by atoms with E-state index >= 15 is 0 Å². The highest BCUT2D eigenvalue weighted by Crippen LogP contribution is 2.39. The third-order valence-corrected chi connectivity index (χ3v) is 7.83. The van der Waals surface area contributed by atoms with Gasteiger partial charge in [-0.1, -0.05) is 28.0 Å². The first-order chi connectivity index (χ1) is 9.81. The van der Waals surface area contributed by atoms with Crippen LogP contribution in [0.1, 0.15) is 49.1 Å². The van der Waals surface area contributed by atoms with Crippen LogP contribution < -0.4 is 5.32 Å². The van der Waals surface area contributed by atoms with E-state index in [4.69, 9.17) is 0 Å². The van der Waals surface area contributed by atoms with Gasteiger partial charge in [0.1, 0.15) is 0 Å². The molecule has 1 aliphatic heterocycles. The number of hydrogen-bond donors (Lipinski definition) is 1. The van der Waals surface area contributed by atoms with E-state index in [-0.39, 0.29) is 5.91 Å². The molecule has 6 heteroatoms. The van der Waals surface area contributed by atoms with Gasteiger partial charge < -0.3 is 5.32 Å². The number of aromatic nitrogens is 1. The molecule has 1 atom stereocenters. The molecule has 1 aromatic rings. The molecule has 1 N–H and O–H groups in total. The lowest BCUT2D eigenvalue weighted by molar-refractivity contribution is -0.116. The summed E-state index contributed by atoms with van der Waals surface area (Å²) in [6.07, 6.45) is 8.84. The van der Waals surface area contributed by atoms with E-state index in [1.165, 1.54) is 42.0 Å². The van der Waals surface area contributed by atoms with Crippen molar-refractivity contribution in [3.8, 4) is 0 Å². The molecule has 1 aliphatic carbocycles. The first-order valence-corrected chi connectivity index (χ1v) is 10.6. The number of rotatable bonds is 6. The maximum atomic E-state index is 11.9. The highest BCUT2D eigenvalue weighted by Gasteiger charge is 2.18. The van der Waals surface area contributed by atoms with Gasteiger partial charge in [-0.25, -0.2) is 4.98 Å². The molecule has 2 heterocycles. The average molecular weight is 329 g/mol. The van der Waals surface area contributed by atoms with Crippen LogP contribution in [-0.4, -0.2) is 21.9 Å². The third-order valence-electron chi connectivity index (χ3n) is 3.75. The Bertz CT molecular complexity index is 447. The zero-order chi connectivity index (χ0) is 13.8. The summed E-state index contributed by atoms with van der Waals surface area (Å²) in [4.78, 5) is 17.8. The van der Waals surface area contributed by atoms with E-state index in [9.17, 15) is 4.79 Å². The van der Waals surface area contributed by atoms with E-state index < -0.39 is 0 Å². The van der Waals surface area contributed by atoms with E-state index in [0.29, 0.717) is 6.42 Å². The van der Waals surface area contributed by atoms with Crippen LogP contribution in [0.15, 0.2) is 0 Å². The van der Waals surface area contributed by atoms with Crippen molar-refractivity contribution in [3.63, 3.8) is 0 Å². The maximum absolute atomic E-state index is 11.9. The molecule has 1 amide bonds. The Balaban J connectivity index is 1.34. The molecular formula is C14H20N2OS3. The number of fused-ring (bicyclic) bond motifs is 1. The van der Waals surface area contributed by atoms with Gasteiger partial charge in [-0.15, -0.1) is 11.3 Å². The Labute approximate surface area is 132 Å². The normalized spacial score (nSPS) is 21.1. The van der Waals surface area contributed by atoms with Gasteiger partial charge in [0.2, 0.25) is 5.91 Å². The molecule has 1 aromatic heterocycles. The summed E-state index contributed by atoms with van der Waals surface area (Å²) in [5.41, 5.74) is 1.21. The zero-order valence-corrected chi connectivity index (χ0v) is 14.0. The largest absolute Gasteiger partial charge is 0.302 e. The Morgan fingerprint density at radius 3 is 3.10 bits per heavy atom. The van der Waals surface area contributed by atoms with E-state index in [2.05, 4.69) is 10.3 Å². The van der Waals surface area contributed by atoms with Crippen molar-refractivity contribution >= 4 is 44.0 Å². The number of nitrogens with zero attached hydrogens (tertiary/aromatic N) is 1. The molecule has 0 saturated carbocycles. The number of aryl methyl sites for hydroxylation is 2. The lowest BCUT2D eigenvalue weighted by Crippen LogP contribution is -2.11. The highest BCUT2D eigenvalue weighted by molar-refractivity contribution is 8.77. The summed E-state index contributed by atoms with van der Waals surface area (Å²) in [6.45, 7) is 0. The number of nitrogens with one attached hydrogen (secondary N) is 1. The molecule has 1 saturated heterocycles. The van der Waals surface area contributed by atoms with Gasteiger partial charge >= 0.3 is 0 Å². The van der Waals surface area contributed by atoms with Gasteiger partial charge in [0, 0.05) is 22.3 Å². The smallest absolute Gasteiger partial charge is 0.226 e. The van der Waals surface area contributed by atoms with Crippen LogP contribution in [-0.2, 0) is 17.6 Å². The Kier molecular flexibility index (Phi) is 5.29.